The van der Waals surface area contributed by atoms with Gasteiger partial charge >= 0.3 is 5.63 Å². The summed E-state index contributed by atoms with van der Waals surface area (Å²) in [4.78, 5) is 13.6. The maximum Gasteiger partial charge on any atom is 0.336 e. The van der Waals surface area contributed by atoms with Crippen molar-refractivity contribution >= 4 is 11.0 Å². The van der Waals surface area contributed by atoms with Crippen LogP contribution in [0.5, 0.6) is 5.75 Å². The van der Waals surface area contributed by atoms with Crippen molar-refractivity contribution in [3.63, 3.8) is 0 Å². The van der Waals surface area contributed by atoms with Gasteiger partial charge in [0.15, 0.2) is 0 Å². The van der Waals surface area contributed by atoms with Crippen LogP contribution < -0.4 is 10.4 Å². The molecule has 0 spiro atoms. The van der Waals surface area contributed by atoms with E-state index in [1.165, 1.54) is 17.2 Å². The van der Waals surface area contributed by atoms with Crippen LogP contribution >= 0.6 is 0 Å². The molecule has 0 bridgehead atoms. The Morgan fingerprint density at radius 2 is 1.48 bits per heavy atom. The van der Waals surface area contributed by atoms with Gasteiger partial charge in [-0.2, -0.15) is 5.26 Å². The molecule has 5 heteroatoms. The first kappa shape index (κ1) is 20.4. The van der Waals surface area contributed by atoms with Gasteiger partial charge in [-0.25, -0.2) is 4.79 Å². The van der Waals surface area contributed by atoms with E-state index in [1.807, 2.05) is 36.4 Å². The second-order valence-electron chi connectivity index (χ2n) is 7.54. The number of rotatable bonds is 7. The second kappa shape index (κ2) is 9.29. The lowest BCUT2D eigenvalue weighted by atomic mass is 10.1. The highest BCUT2D eigenvalue weighted by atomic mass is 16.5. The third-order valence-corrected chi connectivity index (χ3v) is 5.01. The zero-order valence-corrected chi connectivity index (χ0v) is 17.2. The van der Waals surface area contributed by atoms with Crippen molar-refractivity contribution in [1.29, 1.82) is 5.26 Å². The lowest BCUT2D eigenvalue weighted by Crippen LogP contribution is -2.17. The van der Waals surface area contributed by atoms with Gasteiger partial charge in [-0.3, -0.25) is 4.90 Å². The fraction of sp³-hybridized carbons (Fsp3) is 0.154. The average molecular weight is 410 g/mol. The molecule has 154 valence electrons. The molecule has 0 radical (unpaired) electrons. The number of hydrogen-bond acceptors (Lipinski definition) is 5. The molecule has 1 heterocycles. The molecule has 0 atom stereocenters. The monoisotopic (exact) mass is 410 g/mol. The lowest BCUT2D eigenvalue weighted by Gasteiger charge is -2.17. The van der Waals surface area contributed by atoms with E-state index in [0.29, 0.717) is 23.5 Å². The molecule has 0 saturated carbocycles. The van der Waals surface area contributed by atoms with Gasteiger partial charge in [-0.1, -0.05) is 36.4 Å². The van der Waals surface area contributed by atoms with Crippen LogP contribution in [0.4, 0.5) is 0 Å². The number of ether oxygens (including phenoxy) is 1. The summed E-state index contributed by atoms with van der Waals surface area (Å²) < 4.78 is 11.1. The summed E-state index contributed by atoms with van der Waals surface area (Å²) in [7, 11) is 2.08. The summed E-state index contributed by atoms with van der Waals surface area (Å²) in [5.41, 5.74) is 4.28. The Morgan fingerprint density at radius 1 is 0.871 bits per heavy atom. The highest BCUT2D eigenvalue weighted by molar-refractivity contribution is 5.77. The van der Waals surface area contributed by atoms with Gasteiger partial charge < -0.3 is 9.15 Å². The number of nitrogens with zero attached hydrogens (tertiary/aromatic N) is 2. The van der Waals surface area contributed by atoms with Crippen LogP contribution in [0.25, 0.3) is 11.0 Å². The molecule has 0 unspecified atom stereocenters. The molecule has 0 aliphatic heterocycles. The maximum atomic E-state index is 11.4. The maximum absolute atomic E-state index is 11.4. The Morgan fingerprint density at radius 3 is 2.16 bits per heavy atom. The third kappa shape index (κ3) is 5.39. The molecule has 0 fully saturated rings. The first-order valence-electron chi connectivity index (χ1n) is 10.0. The summed E-state index contributed by atoms with van der Waals surface area (Å²) in [6, 6.07) is 26.8. The van der Waals surface area contributed by atoms with Gasteiger partial charge in [0, 0.05) is 30.6 Å². The van der Waals surface area contributed by atoms with E-state index in [0.717, 1.165) is 24.0 Å². The van der Waals surface area contributed by atoms with Crippen molar-refractivity contribution in [2.24, 2.45) is 0 Å². The van der Waals surface area contributed by atoms with E-state index in [4.69, 9.17) is 14.4 Å². The van der Waals surface area contributed by atoms with Gasteiger partial charge in [0.25, 0.3) is 0 Å². The summed E-state index contributed by atoms with van der Waals surface area (Å²) >= 11 is 0. The minimum atomic E-state index is -0.371. The summed E-state index contributed by atoms with van der Waals surface area (Å²) in [5, 5.41) is 9.76. The normalized spacial score (nSPS) is 10.9. The molecule has 5 nitrogen and oxygen atoms in total. The lowest BCUT2D eigenvalue weighted by molar-refractivity contribution is 0.305. The van der Waals surface area contributed by atoms with Gasteiger partial charge in [0.2, 0.25) is 0 Å². The predicted octanol–water partition coefficient (Wildman–Crippen LogP) is 4.88. The zero-order valence-electron chi connectivity index (χ0n) is 17.2. The van der Waals surface area contributed by atoms with Gasteiger partial charge in [0.05, 0.1) is 11.6 Å². The van der Waals surface area contributed by atoms with E-state index < -0.39 is 0 Å². The van der Waals surface area contributed by atoms with E-state index in [-0.39, 0.29) is 5.63 Å². The third-order valence-electron chi connectivity index (χ3n) is 5.01. The molecular weight excluding hydrogens is 388 g/mol. The standard InChI is InChI=1S/C26H22N2O3/c1-28(16-20-4-2-19(15-27)3-5-20)17-21-6-8-22(9-7-21)18-30-24-12-10-23-11-13-26(29)31-25(23)14-24/h2-14H,16-18H2,1H3. The largest absolute Gasteiger partial charge is 0.489 e. The van der Waals surface area contributed by atoms with E-state index in [1.54, 1.807) is 12.1 Å². The first-order valence-corrected chi connectivity index (χ1v) is 10.0. The predicted molar refractivity (Wildman–Crippen MR) is 120 cm³/mol. The number of fused-ring (bicyclic) bond motifs is 1. The molecule has 0 amide bonds. The van der Waals surface area contributed by atoms with Crippen LogP contribution in [0.2, 0.25) is 0 Å². The fourth-order valence-corrected chi connectivity index (χ4v) is 3.40. The number of nitriles is 1. The first-order chi connectivity index (χ1) is 15.1. The van der Waals surface area contributed by atoms with E-state index >= 15 is 0 Å². The smallest absolute Gasteiger partial charge is 0.336 e. The van der Waals surface area contributed by atoms with Crippen molar-refractivity contribution in [3.05, 3.63) is 112 Å². The van der Waals surface area contributed by atoms with E-state index in [2.05, 4.69) is 42.3 Å². The van der Waals surface area contributed by atoms with Gasteiger partial charge in [0.1, 0.15) is 17.9 Å². The van der Waals surface area contributed by atoms with Gasteiger partial charge in [-0.05, 0) is 54.1 Å². The van der Waals surface area contributed by atoms with Crippen molar-refractivity contribution in [1.82, 2.24) is 4.90 Å². The van der Waals surface area contributed by atoms with Crippen LogP contribution in [0.15, 0.2) is 88.1 Å². The Balaban J connectivity index is 1.32. The van der Waals surface area contributed by atoms with Crippen LogP contribution in [0, 0.1) is 11.3 Å². The van der Waals surface area contributed by atoms with Crippen LogP contribution in [0.1, 0.15) is 22.3 Å². The molecule has 31 heavy (non-hydrogen) atoms. The fourth-order valence-electron chi connectivity index (χ4n) is 3.40. The van der Waals surface area contributed by atoms with Crippen LogP contribution in [-0.4, -0.2) is 11.9 Å². The minimum Gasteiger partial charge on any atom is -0.489 e. The summed E-state index contributed by atoms with van der Waals surface area (Å²) in [6.45, 7) is 2.07. The molecule has 4 aromatic rings. The minimum absolute atomic E-state index is 0.371. The molecule has 0 saturated heterocycles. The number of hydrogen-bond donors (Lipinski definition) is 0. The van der Waals surface area contributed by atoms with Crippen LogP contribution in [-0.2, 0) is 19.7 Å². The van der Waals surface area contributed by atoms with Crippen molar-refractivity contribution in [3.8, 4) is 11.8 Å². The molecule has 3 aromatic carbocycles. The van der Waals surface area contributed by atoms with Crippen molar-refractivity contribution in [2.75, 3.05) is 7.05 Å². The highest BCUT2D eigenvalue weighted by Gasteiger charge is 2.04. The van der Waals surface area contributed by atoms with E-state index in [9.17, 15) is 4.79 Å². The summed E-state index contributed by atoms with van der Waals surface area (Å²) in [6.07, 6.45) is 0. The zero-order chi connectivity index (χ0) is 21.6. The van der Waals surface area contributed by atoms with Crippen LogP contribution in [0.3, 0.4) is 0 Å². The molecular formula is C26H22N2O3. The molecule has 0 aliphatic rings. The average Bonchev–Trinajstić information content (AvgIpc) is 2.79. The quantitative estimate of drug-likeness (QED) is 0.407. The molecule has 0 N–H and O–H groups in total. The molecule has 0 aliphatic carbocycles. The Labute approximate surface area is 180 Å². The van der Waals surface area contributed by atoms with Crippen molar-refractivity contribution < 1.29 is 9.15 Å². The highest BCUT2D eigenvalue weighted by Crippen LogP contribution is 2.20. The topological polar surface area (TPSA) is 66.5 Å². The second-order valence-corrected chi connectivity index (χ2v) is 7.54. The Bertz CT molecular complexity index is 1270. The van der Waals surface area contributed by atoms with Gasteiger partial charge in [-0.15, -0.1) is 0 Å². The van der Waals surface area contributed by atoms with Crippen molar-refractivity contribution in [2.45, 2.75) is 19.7 Å². The Kier molecular flexibility index (Phi) is 6.11. The Hall–Kier alpha value is -3.88. The molecule has 4 rings (SSSR count). The number of benzene rings is 3. The molecule has 1 aromatic heterocycles. The summed E-state index contributed by atoms with van der Waals surface area (Å²) in [5.74, 6) is 0.660. The SMILES string of the molecule is CN(Cc1ccc(C#N)cc1)Cc1ccc(COc2ccc3ccc(=O)oc3c2)cc1.